The zero-order valence-corrected chi connectivity index (χ0v) is 26.5. The van der Waals surface area contributed by atoms with E-state index in [1.165, 1.54) is 7.11 Å². The van der Waals surface area contributed by atoms with Crippen LogP contribution in [0.25, 0.3) is 0 Å². The number of nitrogens with zero attached hydrogens (tertiary/aromatic N) is 1. The van der Waals surface area contributed by atoms with Crippen molar-refractivity contribution in [3.05, 3.63) is 112 Å². The molecule has 4 rings (SSSR count). The van der Waals surface area contributed by atoms with E-state index in [4.69, 9.17) is 4.74 Å². The van der Waals surface area contributed by atoms with E-state index < -0.39 is 33.7 Å². The Kier molecular flexibility index (Phi) is 9.12. The van der Waals surface area contributed by atoms with Crippen LogP contribution >= 0.6 is 0 Å². The summed E-state index contributed by atoms with van der Waals surface area (Å²) in [4.78, 5) is 27.8. The van der Waals surface area contributed by atoms with Gasteiger partial charge >= 0.3 is 5.97 Å². The molecule has 0 N–H and O–H groups in total. The summed E-state index contributed by atoms with van der Waals surface area (Å²) in [6.07, 6.45) is 1.57. The summed E-state index contributed by atoms with van der Waals surface area (Å²) in [6, 6.07) is 19.0. The van der Waals surface area contributed by atoms with Gasteiger partial charge in [0.25, 0.3) is 10.0 Å². The molecule has 0 fully saturated rings. The second-order valence-electron chi connectivity index (χ2n) is 11.9. The molecule has 0 radical (unpaired) electrons. The van der Waals surface area contributed by atoms with E-state index in [1.807, 2.05) is 89.2 Å². The van der Waals surface area contributed by atoms with Crippen molar-refractivity contribution in [2.45, 2.75) is 83.1 Å². The van der Waals surface area contributed by atoms with Gasteiger partial charge in [-0.15, -0.1) is 0 Å². The van der Waals surface area contributed by atoms with Crippen LogP contribution in [-0.4, -0.2) is 37.6 Å². The van der Waals surface area contributed by atoms with Crippen molar-refractivity contribution in [2.24, 2.45) is 0 Å². The van der Waals surface area contributed by atoms with Gasteiger partial charge in [0, 0.05) is 11.5 Å². The molecule has 1 aliphatic heterocycles. The third-order valence-electron chi connectivity index (χ3n) is 7.95. The predicted molar refractivity (Wildman–Crippen MR) is 166 cm³/mol. The zero-order valence-electron chi connectivity index (χ0n) is 25.7. The molecule has 0 unspecified atom stereocenters. The Bertz CT molecular complexity index is 1570. The number of ether oxygens (including phenoxy) is 1. The number of aryl methyl sites for hydroxylation is 1. The summed E-state index contributed by atoms with van der Waals surface area (Å²) in [5, 5.41) is 0. The van der Waals surface area contributed by atoms with E-state index >= 15 is 8.42 Å². The number of ketones is 1. The van der Waals surface area contributed by atoms with Gasteiger partial charge in [0.05, 0.1) is 12.0 Å². The topological polar surface area (TPSA) is 80.8 Å². The van der Waals surface area contributed by atoms with Crippen LogP contribution in [0.15, 0.2) is 83.4 Å². The van der Waals surface area contributed by atoms with Crippen molar-refractivity contribution >= 4 is 21.8 Å². The number of methoxy groups -OCH3 is 1. The molecule has 3 aromatic rings. The highest BCUT2D eigenvalue weighted by molar-refractivity contribution is 7.89. The van der Waals surface area contributed by atoms with Gasteiger partial charge in [0.15, 0.2) is 5.78 Å². The SMILES string of the molecule is COC(=O)C1=C[C@@H](c2ccccc2)[C@H](C(=O)c2ccc(C)cc2)N1S(=O)(=O)c1c(C(C)C)cc(C(C)C)cc1C(C)C. The number of sulfonamides is 1. The number of esters is 1. The zero-order chi connectivity index (χ0) is 30.9. The highest BCUT2D eigenvalue weighted by atomic mass is 32.2. The van der Waals surface area contributed by atoms with Gasteiger partial charge in [-0.05, 0) is 53.0 Å². The summed E-state index contributed by atoms with van der Waals surface area (Å²) in [5.41, 5.74) is 4.29. The molecule has 0 spiro atoms. The summed E-state index contributed by atoms with van der Waals surface area (Å²) in [7, 11) is -3.23. The highest BCUT2D eigenvalue weighted by Gasteiger charge is 2.50. The second-order valence-corrected chi connectivity index (χ2v) is 13.7. The third kappa shape index (κ3) is 5.80. The fourth-order valence-electron chi connectivity index (χ4n) is 5.57. The Morgan fingerprint density at radius 2 is 1.36 bits per heavy atom. The van der Waals surface area contributed by atoms with Gasteiger partial charge in [-0.1, -0.05) is 114 Å². The molecule has 222 valence electrons. The smallest absolute Gasteiger partial charge is 0.355 e. The molecule has 0 amide bonds. The monoisotopic (exact) mass is 587 g/mol. The number of hydrogen-bond acceptors (Lipinski definition) is 5. The maximum Gasteiger partial charge on any atom is 0.355 e. The number of carbonyl (C=O) groups is 2. The van der Waals surface area contributed by atoms with Crippen molar-refractivity contribution in [2.75, 3.05) is 7.11 Å². The molecule has 6 nitrogen and oxygen atoms in total. The molecule has 1 aliphatic rings. The molecule has 42 heavy (non-hydrogen) atoms. The minimum Gasteiger partial charge on any atom is -0.464 e. The molecule has 0 bridgehead atoms. The van der Waals surface area contributed by atoms with E-state index in [1.54, 1.807) is 18.2 Å². The number of hydrogen-bond donors (Lipinski definition) is 0. The minimum atomic E-state index is -4.44. The third-order valence-corrected chi connectivity index (χ3v) is 9.88. The fraction of sp³-hybridized carbons (Fsp3) is 0.371. The predicted octanol–water partition coefficient (Wildman–Crippen LogP) is 7.46. The molecular formula is C35H41NO5S. The van der Waals surface area contributed by atoms with Crippen molar-refractivity contribution in [3.8, 4) is 0 Å². The molecule has 1 heterocycles. The lowest BCUT2D eigenvalue weighted by Gasteiger charge is -2.33. The van der Waals surface area contributed by atoms with Crippen LogP contribution in [-0.2, 0) is 19.6 Å². The van der Waals surface area contributed by atoms with Crippen molar-refractivity contribution in [3.63, 3.8) is 0 Å². The Balaban J connectivity index is 2.05. The molecule has 7 heteroatoms. The maximum atomic E-state index is 15.1. The average Bonchev–Trinajstić information content (AvgIpc) is 3.38. The maximum absolute atomic E-state index is 15.1. The van der Waals surface area contributed by atoms with Gasteiger partial charge in [0.2, 0.25) is 0 Å². The van der Waals surface area contributed by atoms with Crippen LogP contribution in [0.4, 0.5) is 0 Å². The highest BCUT2D eigenvalue weighted by Crippen LogP contribution is 2.44. The first-order chi connectivity index (χ1) is 19.8. The van der Waals surface area contributed by atoms with Crippen molar-refractivity contribution in [1.29, 1.82) is 0 Å². The number of carbonyl (C=O) groups excluding carboxylic acids is 2. The van der Waals surface area contributed by atoms with Crippen molar-refractivity contribution in [1.82, 2.24) is 4.31 Å². The van der Waals surface area contributed by atoms with Gasteiger partial charge < -0.3 is 4.74 Å². The van der Waals surface area contributed by atoms with E-state index in [0.717, 1.165) is 21.0 Å². The largest absolute Gasteiger partial charge is 0.464 e. The number of Topliss-reactive ketones (excluding diaryl/α,β-unsaturated/α-hetero) is 1. The number of rotatable bonds is 9. The molecule has 0 aliphatic carbocycles. The van der Waals surface area contributed by atoms with Gasteiger partial charge in [-0.25, -0.2) is 17.5 Å². The normalized spacial score (nSPS) is 17.2. The van der Waals surface area contributed by atoms with Gasteiger partial charge in [-0.3, -0.25) is 4.79 Å². The van der Waals surface area contributed by atoms with E-state index in [2.05, 4.69) is 13.8 Å². The van der Waals surface area contributed by atoms with Crippen LogP contribution in [0, 0.1) is 6.92 Å². The average molecular weight is 588 g/mol. The summed E-state index contributed by atoms with van der Waals surface area (Å²) >= 11 is 0. The quantitative estimate of drug-likeness (QED) is 0.192. The fourth-order valence-corrected chi connectivity index (χ4v) is 7.87. The van der Waals surface area contributed by atoms with Crippen LogP contribution < -0.4 is 0 Å². The van der Waals surface area contributed by atoms with Gasteiger partial charge in [0.1, 0.15) is 11.7 Å². The first-order valence-corrected chi connectivity index (χ1v) is 15.9. The lowest BCUT2D eigenvalue weighted by atomic mass is 9.88. The number of benzene rings is 3. The molecule has 3 aromatic carbocycles. The Labute approximate surface area is 250 Å². The first-order valence-electron chi connectivity index (χ1n) is 14.5. The van der Waals surface area contributed by atoms with E-state index in [9.17, 15) is 9.59 Å². The van der Waals surface area contributed by atoms with Crippen molar-refractivity contribution < 1.29 is 22.7 Å². The first kappa shape index (κ1) is 31.2. The lowest BCUT2D eigenvalue weighted by Crippen LogP contribution is -2.45. The Morgan fingerprint density at radius 3 is 1.83 bits per heavy atom. The van der Waals surface area contributed by atoms with Gasteiger partial charge in [-0.2, -0.15) is 0 Å². The van der Waals surface area contributed by atoms with Crippen LogP contribution in [0.1, 0.15) is 103 Å². The molecule has 0 saturated carbocycles. The standard InChI is InChI=1S/C35H41NO5S/c1-21(2)27-18-28(22(3)4)34(29(19-27)23(5)6)42(39,40)36-31(35(38)41-8)20-30(25-12-10-9-11-13-25)32(36)33(37)26-16-14-24(7)15-17-26/h9-23,30,32H,1-8H3/t30-,32+/m0/s1. The summed E-state index contributed by atoms with van der Waals surface area (Å²) < 4.78 is 36.4. The van der Waals surface area contributed by atoms with Crippen LogP contribution in [0.5, 0.6) is 0 Å². The Morgan fingerprint density at radius 1 is 0.810 bits per heavy atom. The summed E-state index contributed by atoms with van der Waals surface area (Å²) in [5.74, 6) is -1.98. The lowest BCUT2D eigenvalue weighted by molar-refractivity contribution is -0.137. The van der Waals surface area contributed by atoms with Crippen LogP contribution in [0.2, 0.25) is 0 Å². The van der Waals surface area contributed by atoms with E-state index in [0.29, 0.717) is 16.7 Å². The minimum absolute atomic E-state index is 0.129. The van der Waals surface area contributed by atoms with Crippen LogP contribution in [0.3, 0.4) is 0 Å². The molecule has 0 aromatic heterocycles. The molecule has 2 atom stereocenters. The molecular weight excluding hydrogens is 546 g/mol. The molecule has 0 saturated heterocycles. The summed E-state index contributed by atoms with van der Waals surface area (Å²) in [6.45, 7) is 13.9. The Hall–Kier alpha value is -3.71. The van der Waals surface area contributed by atoms with E-state index in [-0.39, 0.29) is 28.3 Å². The second kappa shape index (κ2) is 12.3.